The lowest BCUT2D eigenvalue weighted by Crippen LogP contribution is -2.11. The van der Waals surface area contributed by atoms with Crippen LogP contribution in [0.3, 0.4) is 0 Å². The predicted molar refractivity (Wildman–Crippen MR) is 288 cm³/mol. The number of nitrogens with zero attached hydrogens (tertiary/aromatic N) is 2. The van der Waals surface area contributed by atoms with Crippen molar-refractivity contribution in [2.75, 3.05) is 4.90 Å². The molecule has 1 heterocycles. The molecule has 2 heteroatoms. The fraction of sp³-hybridized carbons (Fsp3) is 0. The Balaban J connectivity index is 0.986. The van der Waals surface area contributed by atoms with E-state index in [1.807, 2.05) is 0 Å². The van der Waals surface area contributed by atoms with Gasteiger partial charge in [0.05, 0.1) is 16.7 Å². The lowest BCUT2D eigenvalue weighted by Gasteiger charge is -2.29. The maximum Gasteiger partial charge on any atom is 0.0541 e. The highest BCUT2D eigenvalue weighted by Gasteiger charge is 2.20. The molecule has 0 bridgehead atoms. The first kappa shape index (κ1) is 40.5. The number of hydrogen-bond acceptors (Lipinski definition) is 1. The van der Waals surface area contributed by atoms with E-state index in [-0.39, 0.29) is 0 Å². The van der Waals surface area contributed by atoms with Crippen molar-refractivity contribution in [3.05, 3.63) is 279 Å². The minimum Gasteiger partial charge on any atom is -0.310 e. The molecule has 0 saturated heterocycles. The van der Waals surface area contributed by atoms with Gasteiger partial charge in [0.25, 0.3) is 0 Å². The molecular weight excluding hydrogens is 821 g/mol. The largest absolute Gasteiger partial charge is 0.310 e. The third-order valence-corrected chi connectivity index (χ3v) is 13.1. The summed E-state index contributed by atoms with van der Waals surface area (Å²) >= 11 is 0. The van der Waals surface area contributed by atoms with E-state index in [1.165, 1.54) is 71.9 Å². The zero-order valence-corrected chi connectivity index (χ0v) is 37.5. The summed E-state index contributed by atoms with van der Waals surface area (Å²) in [6.07, 6.45) is 0. The van der Waals surface area contributed by atoms with Gasteiger partial charge in [0.2, 0.25) is 0 Å². The lowest BCUT2D eigenvalue weighted by atomic mass is 9.95. The number of anilines is 3. The minimum atomic E-state index is 1.09. The smallest absolute Gasteiger partial charge is 0.0541 e. The Morgan fingerprint density at radius 1 is 0.235 bits per heavy atom. The minimum absolute atomic E-state index is 1.09. The third kappa shape index (κ3) is 7.74. The molecule has 320 valence electrons. The van der Waals surface area contributed by atoms with Gasteiger partial charge in [0.1, 0.15) is 0 Å². The molecule has 12 aromatic rings. The van der Waals surface area contributed by atoms with Crippen LogP contribution in [0.5, 0.6) is 0 Å². The Bertz CT molecular complexity index is 3590. The fourth-order valence-electron chi connectivity index (χ4n) is 9.88. The van der Waals surface area contributed by atoms with E-state index in [4.69, 9.17) is 0 Å². The summed E-state index contributed by atoms with van der Waals surface area (Å²) < 4.78 is 2.44. The Labute approximate surface area is 397 Å². The van der Waals surface area contributed by atoms with Crippen molar-refractivity contribution < 1.29 is 0 Å². The first-order valence-corrected chi connectivity index (χ1v) is 23.3. The quantitative estimate of drug-likeness (QED) is 0.133. The SMILES string of the molecule is c1ccc(-c2cc(-c3ccccc3)cc(N(c3ccccc3)c3ccccc3-c3cccc(-c4ccc5c(c4)c4ccccc4n5-c4cc(-c5ccccc5)cc(-c5ccccc5)c4)c3)c2)cc1. The van der Waals surface area contributed by atoms with Crippen LogP contribution in [0.25, 0.3) is 94.3 Å². The second-order valence-corrected chi connectivity index (χ2v) is 17.4. The summed E-state index contributed by atoms with van der Waals surface area (Å²) in [6, 6.07) is 101. The van der Waals surface area contributed by atoms with Gasteiger partial charge < -0.3 is 9.47 Å². The van der Waals surface area contributed by atoms with Gasteiger partial charge in [0, 0.05) is 33.4 Å². The average molecular weight is 867 g/mol. The molecular formula is C66H46N2. The second-order valence-electron chi connectivity index (χ2n) is 17.4. The highest BCUT2D eigenvalue weighted by atomic mass is 15.1. The molecule has 1 aromatic heterocycles. The predicted octanol–water partition coefficient (Wildman–Crippen LogP) is 18.3. The van der Waals surface area contributed by atoms with E-state index >= 15 is 0 Å². The van der Waals surface area contributed by atoms with Crippen LogP contribution in [0.2, 0.25) is 0 Å². The molecule has 0 radical (unpaired) electrons. The van der Waals surface area contributed by atoms with Gasteiger partial charge >= 0.3 is 0 Å². The van der Waals surface area contributed by atoms with Crippen molar-refractivity contribution >= 4 is 38.9 Å². The fourth-order valence-corrected chi connectivity index (χ4v) is 9.88. The summed E-state index contributed by atoms with van der Waals surface area (Å²) in [4.78, 5) is 2.41. The summed E-state index contributed by atoms with van der Waals surface area (Å²) in [5.41, 5.74) is 20.9. The van der Waals surface area contributed by atoms with Gasteiger partial charge in [-0.1, -0.05) is 200 Å². The molecule has 0 N–H and O–H groups in total. The molecule has 68 heavy (non-hydrogen) atoms. The third-order valence-electron chi connectivity index (χ3n) is 13.1. The lowest BCUT2D eigenvalue weighted by molar-refractivity contribution is 1.18. The van der Waals surface area contributed by atoms with Crippen LogP contribution in [-0.2, 0) is 0 Å². The number of fused-ring (bicyclic) bond motifs is 3. The van der Waals surface area contributed by atoms with Gasteiger partial charge in [-0.3, -0.25) is 0 Å². The number of aromatic nitrogens is 1. The second kappa shape index (κ2) is 17.8. The Morgan fingerprint density at radius 3 is 1.25 bits per heavy atom. The van der Waals surface area contributed by atoms with Crippen molar-refractivity contribution in [2.24, 2.45) is 0 Å². The van der Waals surface area contributed by atoms with Gasteiger partial charge in [-0.05, 0) is 140 Å². The average Bonchev–Trinajstić information content (AvgIpc) is 3.76. The summed E-state index contributed by atoms with van der Waals surface area (Å²) in [7, 11) is 0. The standard InChI is InChI=1S/C66H46N2/c1-6-21-47(22-7-1)54-40-55(48-23-8-2-9-24-48)43-59(42-54)67(58-31-14-5-15-32-58)64-35-18-16-33-61(64)53-30-20-29-51(39-53)52-37-38-66-63(46-52)62-34-17-19-36-65(62)68(66)60-44-56(49-25-10-3-11-26-49)41-57(45-60)50-27-12-4-13-28-50/h1-46H. The van der Waals surface area contributed by atoms with E-state index < -0.39 is 0 Å². The molecule has 0 saturated carbocycles. The molecule has 0 unspecified atom stereocenters. The van der Waals surface area contributed by atoms with Gasteiger partial charge in [-0.15, -0.1) is 0 Å². The van der Waals surface area contributed by atoms with E-state index in [0.29, 0.717) is 0 Å². The first-order valence-electron chi connectivity index (χ1n) is 23.3. The zero-order valence-electron chi connectivity index (χ0n) is 37.5. The Kier molecular flexibility index (Phi) is 10.6. The van der Waals surface area contributed by atoms with Crippen molar-refractivity contribution in [1.82, 2.24) is 4.57 Å². The maximum absolute atomic E-state index is 2.44. The topological polar surface area (TPSA) is 8.17 Å². The number of para-hydroxylation sites is 3. The Hall–Kier alpha value is -8.98. The van der Waals surface area contributed by atoms with Crippen LogP contribution in [0, 0.1) is 0 Å². The van der Waals surface area contributed by atoms with E-state index in [9.17, 15) is 0 Å². The summed E-state index contributed by atoms with van der Waals surface area (Å²) in [5.74, 6) is 0. The van der Waals surface area contributed by atoms with Crippen LogP contribution in [0.15, 0.2) is 279 Å². The monoisotopic (exact) mass is 866 g/mol. The summed E-state index contributed by atoms with van der Waals surface area (Å²) in [5, 5.41) is 2.45. The van der Waals surface area contributed by atoms with Crippen molar-refractivity contribution in [2.45, 2.75) is 0 Å². The van der Waals surface area contributed by atoms with Crippen LogP contribution in [0.1, 0.15) is 0 Å². The van der Waals surface area contributed by atoms with Crippen molar-refractivity contribution in [3.8, 4) is 72.4 Å². The molecule has 0 atom stereocenters. The molecule has 0 spiro atoms. The maximum atomic E-state index is 2.44. The normalized spacial score (nSPS) is 11.2. The van der Waals surface area contributed by atoms with Crippen LogP contribution >= 0.6 is 0 Å². The summed E-state index contributed by atoms with van der Waals surface area (Å²) in [6.45, 7) is 0. The zero-order chi connectivity index (χ0) is 45.2. The molecule has 12 rings (SSSR count). The molecule has 0 aliphatic rings. The molecule has 0 aliphatic carbocycles. The number of benzene rings is 11. The van der Waals surface area contributed by atoms with E-state index in [2.05, 4.69) is 289 Å². The van der Waals surface area contributed by atoms with Gasteiger partial charge in [0.15, 0.2) is 0 Å². The van der Waals surface area contributed by atoms with Gasteiger partial charge in [-0.2, -0.15) is 0 Å². The molecule has 0 amide bonds. The molecule has 0 aliphatic heterocycles. The Morgan fingerprint density at radius 2 is 0.662 bits per heavy atom. The van der Waals surface area contributed by atoms with Crippen molar-refractivity contribution in [1.29, 1.82) is 0 Å². The van der Waals surface area contributed by atoms with Crippen LogP contribution in [-0.4, -0.2) is 4.57 Å². The molecule has 11 aromatic carbocycles. The van der Waals surface area contributed by atoms with Gasteiger partial charge in [-0.25, -0.2) is 0 Å². The van der Waals surface area contributed by atoms with Crippen LogP contribution in [0.4, 0.5) is 17.1 Å². The highest BCUT2D eigenvalue weighted by Crippen LogP contribution is 2.45. The highest BCUT2D eigenvalue weighted by molar-refractivity contribution is 6.11. The van der Waals surface area contributed by atoms with Crippen LogP contribution < -0.4 is 4.90 Å². The number of rotatable bonds is 10. The van der Waals surface area contributed by atoms with Crippen molar-refractivity contribution in [3.63, 3.8) is 0 Å². The number of hydrogen-bond donors (Lipinski definition) is 0. The molecule has 0 fully saturated rings. The first-order chi connectivity index (χ1) is 33.7. The molecule has 2 nitrogen and oxygen atoms in total. The van der Waals surface area contributed by atoms with E-state index in [1.54, 1.807) is 0 Å². The van der Waals surface area contributed by atoms with E-state index in [0.717, 1.165) is 39.4 Å².